The fraction of sp³-hybridized carbons (Fsp3) is 0.211. The van der Waals surface area contributed by atoms with E-state index in [1.807, 2.05) is 30.3 Å². The molecule has 9 nitrogen and oxygen atoms in total. The van der Waals surface area contributed by atoms with Gasteiger partial charge in [0.25, 0.3) is 5.91 Å². The Morgan fingerprint density at radius 3 is 2.89 bits per heavy atom. The Morgan fingerprint density at radius 1 is 1.21 bits per heavy atom. The number of fused-ring (bicyclic) bond motifs is 1. The zero-order valence-electron chi connectivity index (χ0n) is 15.1. The monoisotopic (exact) mass is 378 g/mol. The summed E-state index contributed by atoms with van der Waals surface area (Å²) in [4.78, 5) is 26.5. The number of rotatable bonds is 5. The van der Waals surface area contributed by atoms with E-state index in [0.29, 0.717) is 17.1 Å². The highest BCUT2D eigenvalue weighted by atomic mass is 16.5. The molecule has 142 valence electrons. The molecular formula is C19H18N6O3. The van der Waals surface area contributed by atoms with E-state index in [-0.39, 0.29) is 24.8 Å². The molecule has 0 bridgehead atoms. The number of nitrogens with zero attached hydrogens (tertiary/aromatic N) is 5. The Balaban J connectivity index is 1.42. The van der Waals surface area contributed by atoms with E-state index >= 15 is 0 Å². The maximum Gasteiger partial charge on any atom is 0.267 e. The second-order valence-electron chi connectivity index (χ2n) is 6.32. The minimum Gasteiger partial charge on any atom is -0.479 e. The number of amides is 2. The third kappa shape index (κ3) is 3.54. The number of carbonyl (C=O) groups excluding carboxylic acids is 2. The zero-order chi connectivity index (χ0) is 19.5. The predicted octanol–water partition coefficient (Wildman–Crippen LogP) is 1.80. The van der Waals surface area contributed by atoms with Gasteiger partial charge in [-0.2, -0.15) is 0 Å². The summed E-state index contributed by atoms with van der Waals surface area (Å²) in [6.07, 6.45) is 1.05. The lowest BCUT2D eigenvalue weighted by Gasteiger charge is -2.32. The summed E-state index contributed by atoms with van der Waals surface area (Å²) >= 11 is 0. The highest BCUT2D eigenvalue weighted by Crippen LogP contribution is 2.33. The average molecular weight is 378 g/mol. The SMILES string of the molecule is C[C@H]1Oc2ccccc2N(CCC(=O)Nc2cccc(-n3cnnn3)c2)C1=O. The predicted molar refractivity (Wildman–Crippen MR) is 101 cm³/mol. The molecule has 0 saturated heterocycles. The molecule has 1 aliphatic heterocycles. The van der Waals surface area contributed by atoms with Crippen molar-refractivity contribution < 1.29 is 14.3 Å². The molecule has 28 heavy (non-hydrogen) atoms. The molecule has 2 aromatic carbocycles. The van der Waals surface area contributed by atoms with E-state index in [2.05, 4.69) is 20.8 Å². The number of hydrogen-bond acceptors (Lipinski definition) is 6. The molecular weight excluding hydrogens is 360 g/mol. The summed E-state index contributed by atoms with van der Waals surface area (Å²) in [5.74, 6) is 0.287. The van der Waals surface area contributed by atoms with Gasteiger partial charge in [-0.3, -0.25) is 9.59 Å². The highest BCUT2D eigenvalue weighted by Gasteiger charge is 2.31. The van der Waals surface area contributed by atoms with Gasteiger partial charge in [0.2, 0.25) is 5.91 Å². The molecule has 1 atom stereocenters. The number of tetrazole rings is 1. The second-order valence-corrected chi connectivity index (χ2v) is 6.32. The van der Waals surface area contributed by atoms with Crippen LogP contribution in [0.25, 0.3) is 5.69 Å². The van der Waals surface area contributed by atoms with Crippen molar-refractivity contribution in [3.8, 4) is 11.4 Å². The Bertz CT molecular complexity index is 1000. The Kier molecular flexibility index (Phi) is 4.71. The van der Waals surface area contributed by atoms with Crippen LogP contribution in [0.5, 0.6) is 5.75 Å². The van der Waals surface area contributed by atoms with Gasteiger partial charge < -0.3 is 15.0 Å². The van der Waals surface area contributed by atoms with Crippen LogP contribution < -0.4 is 15.0 Å². The normalized spacial score (nSPS) is 15.7. The molecule has 1 aliphatic rings. The molecule has 0 unspecified atom stereocenters. The molecule has 2 heterocycles. The van der Waals surface area contributed by atoms with E-state index in [9.17, 15) is 9.59 Å². The number of anilines is 2. The molecule has 2 amide bonds. The maximum absolute atomic E-state index is 12.5. The number of para-hydroxylation sites is 2. The van der Waals surface area contributed by atoms with Crippen molar-refractivity contribution in [3.63, 3.8) is 0 Å². The molecule has 1 aromatic heterocycles. The standard InChI is InChI=1S/C19H18N6O3/c1-13-19(27)24(16-7-2-3-8-17(16)28-13)10-9-18(26)21-14-5-4-6-15(11-14)25-12-20-22-23-25/h2-8,11-13H,9-10H2,1H3,(H,21,26)/t13-/m1/s1. The van der Waals surface area contributed by atoms with Gasteiger partial charge in [0, 0.05) is 18.7 Å². The summed E-state index contributed by atoms with van der Waals surface area (Å²) in [5, 5.41) is 13.9. The van der Waals surface area contributed by atoms with Gasteiger partial charge in [0.15, 0.2) is 6.10 Å². The Labute approximate surface area is 160 Å². The van der Waals surface area contributed by atoms with Crippen molar-refractivity contribution in [2.45, 2.75) is 19.4 Å². The van der Waals surface area contributed by atoms with E-state index in [0.717, 1.165) is 5.69 Å². The molecule has 0 spiro atoms. The van der Waals surface area contributed by atoms with Crippen LogP contribution in [0.4, 0.5) is 11.4 Å². The summed E-state index contributed by atoms with van der Waals surface area (Å²) in [6, 6.07) is 14.5. The third-order valence-electron chi connectivity index (χ3n) is 4.38. The molecule has 0 saturated carbocycles. The van der Waals surface area contributed by atoms with Crippen molar-refractivity contribution in [2.75, 3.05) is 16.8 Å². The molecule has 1 N–H and O–H groups in total. The topological polar surface area (TPSA) is 102 Å². The van der Waals surface area contributed by atoms with Gasteiger partial charge in [0.1, 0.15) is 12.1 Å². The van der Waals surface area contributed by atoms with E-state index < -0.39 is 6.10 Å². The lowest BCUT2D eigenvalue weighted by Crippen LogP contribution is -2.45. The third-order valence-corrected chi connectivity index (χ3v) is 4.38. The van der Waals surface area contributed by atoms with Crippen LogP contribution in [-0.2, 0) is 9.59 Å². The van der Waals surface area contributed by atoms with Gasteiger partial charge in [-0.15, -0.1) is 5.10 Å². The molecule has 4 rings (SSSR count). The fourth-order valence-electron chi connectivity index (χ4n) is 3.03. The smallest absolute Gasteiger partial charge is 0.267 e. The molecule has 3 aromatic rings. The van der Waals surface area contributed by atoms with Gasteiger partial charge in [-0.25, -0.2) is 4.68 Å². The van der Waals surface area contributed by atoms with Crippen LogP contribution in [-0.4, -0.2) is 44.7 Å². The summed E-state index contributed by atoms with van der Waals surface area (Å²) in [5.41, 5.74) is 2.04. The van der Waals surface area contributed by atoms with E-state index in [1.54, 1.807) is 30.0 Å². The number of nitrogens with one attached hydrogen (secondary N) is 1. The first-order chi connectivity index (χ1) is 13.6. The van der Waals surface area contributed by atoms with Gasteiger partial charge in [0.05, 0.1) is 11.4 Å². The van der Waals surface area contributed by atoms with E-state index in [4.69, 9.17) is 4.74 Å². The van der Waals surface area contributed by atoms with Gasteiger partial charge >= 0.3 is 0 Å². The number of aromatic nitrogens is 4. The Hall–Kier alpha value is -3.75. The maximum atomic E-state index is 12.5. The minimum absolute atomic E-state index is 0.155. The minimum atomic E-state index is -0.578. The van der Waals surface area contributed by atoms with Crippen molar-refractivity contribution in [2.24, 2.45) is 0 Å². The van der Waals surface area contributed by atoms with Crippen LogP contribution in [0.1, 0.15) is 13.3 Å². The van der Waals surface area contributed by atoms with Crippen molar-refractivity contribution >= 4 is 23.2 Å². The van der Waals surface area contributed by atoms with Crippen LogP contribution in [0.15, 0.2) is 54.9 Å². The van der Waals surface area contributed by atoms with Crippen LogP contribution in [0, 0.1) is 0 Å². The van der Waals surface area contributed by atoms with Crippen LogP contribution in [0.2, 0.25) is 0 Å². The largest absolute Gasteiger partial charge is 0.479 e. The molecule has 0 aliphatic carbocycles. The van der Waals surface area contributed by atoms with Crippen LogP contribution in [0.3, 0.4) is 0 Å². The number of ether oxygens (including phenoxy) is 1. The second kappa shape index (κ2) is 7.47. The van der Waals surface area contributed by atoms with E-state index in [1.165, 1.54) is 11.0 Å². The lowest BCUT2D eigenvalue weighted by molar-refractivity contribution is -0.125. The summed E-state index contributed by atoms with van der Waals surface area (Å²) in [6.45, 7) is 1.97. The molecule has 9 heteroatoms. The summed E-state index contributed by atoms with van der Waals surface area (Å²) < 4.78 is 7.12. The molecule has 0 radical (unpaired) electrons. The fourth-order valence-corrected chi connectivity index (χ4v) is 3.03. The first kappa shape index (κ1) is 17.7. The number of carbonyl (C=O) groups is 2. The van der Waals surface area contributed by atoms with Crippen molar-refractivity contribution in [1.29, 1.82) is 0 Å². The highest BCUT2D eigenvalue weighted by molar-refractivity contribution is 6.00. The van der Waals surface area contributed by atoms with Crippen LogP contribution >= 0.6 is 0 Å². The number of benzene rings is 2. The van der Waals surface area contributed by atoms with Crippen molar-refractivity contribution in [1.82, 2.24) is 20.2 Å². The van der Waals surface area contributed by atoms with Gasteiger partial charge in [-0.05, 0) is 47.7 Å². The van der Waals surface area contributed by atoms with Gasteiger partial charge in [-0.1, -0.05) is 18.2 Å². The quantitative estimate of drug-likeness (QED) is 0.726. The first-order valence-electron chi connectivity index (χ1n) is 8.82. The summed E-state index contributed by atoms with van der Waals surface area (Å²) in [7, 11) is 0. The first-order valence-corrected chi connectivity index (χ1v) is 8.82. The number of hydrogen-bond donors (Lipinski definition) is 1. The van der Waals surface area contributed by atoms with Crippen molar-refractivity contribution in [3.05, 3.63) is 54.9 Å². The Morgan fingerprint density at radius 2 is 2.07 bits per heavy atom. The lowest BCUT2D eigenvalue weighted by atomic mass is 10.1. The molecule has 0 fully saturated rings. The average Bonchev–Trinajstić information content (AvgIpc) is 3.23. The zero-order valence-corrected chi connectivity index (χ0v) is 15.1.